The highest BCUT2D eigenvalue weighted by molar-refractivity contribution is 7.26. The highest BCUT2D eigenvalue weighted by Crippen LogP contribution is 2.43. The molecule has 0 atom stereocenters. The fraction of sp³-hybridized carbons (Fsp3) is 0.111. The van der Waals surface area contributed by atoms with Crippen molar-refractivity contribution in [3.05, 3.63) is 47.4 Å². The zero-order valence-electron chi connectivity index (χ0n) is 13.2. The average molecular weight is 367 g/mol. The van der Waals surface area contributed by atoms with Crippen LogP contribution < -0.4 is 4.74 Å². The molecule has 7 heteroatoms. The molecule has 1 aromatic carbocycles. The van der Waals surface area contributed by atoms with Gasteiger partial charge in [0.05, 0.1) is 16.8 Å². The van der Waals surface area contributed by atoms with Crippen molar-refractivity contribution < 1.29 is 4.74 Å². The minimum absolute atomic E-state index is 0.326. The zero-order chi connectivity index (χ0) is 17.4. The van der Waals surface area contributed by atoms with Crippen LogP contribution in [0.2, 0.25) is 5.15 Å². The molecule has 3 aromatic heterocycles. The van der Waals surface area contributed by atoms with Gasteiger partial charge in [-0.15, -0.1) is 11.3 Å². The predicted molar refractivity (Wildman–Crippen MR) is 99.0 cm³/mol. The Kier molecular flexibility index (Phi) is 3.96. The van der Waals surface area contributed by atoms with E-state index >= 15 is 0 Å². The van der Waals surface area contributed by atoms with Gasteiger partial charge < -0.3 is 4.74 Å². The molecule has 0 aliphatic carbocycles. The van der Waals surface area contributed by atoms with Crippen molar-refractivity contribution in [1.29, 1.82) is 5.26 Å². The lowest BCUT2D eigenvalue weighted by Crippen LogP contribution is -2.00. The molecule has 0 amide bonds. The quantitative estimate of drug-likeness (QED) is 0.485. The lowest BCUT2D eigenvalue weighted by molar-refractivity contribution is 0.327. The van der Waals surface area contributed by atoms with Gasteiger partial charge in [0.25, 0.3) is 0 Å². The van der Waals surface area contributed by atoms with Gasteiger partial charge in [-0.1, -0.05) is 41.9 Å². The summed E-state index contributed by atoms with van der Waals surface area (Å²) in [6.07, 6.45) is 1.42. The summed E-state index contributed by atoms with van der Waals surface area (Å²) < 4.78 is 6.38. The molecule has 4 aromatic rings. The summed E-state index contributed by atoms with van der Waals surface area (Å²) in [7, 11) is 0. The molecule has 25 heavy (non-hydrogen) atoms. The number of hydrogen-bond donors (Lipinski definition) is 0. The molecule has 5 nitrogen and oxygen atoms in total. The van der Waals surface area contributed by atoms with Gasteiger partial charge in [0.15, 0.2) is 0 Å². The third-order valence-electron chi connectivity index (χ3n) is 3.78. The second-order valence-corrected chi connectivity index (χ2v) is 6.56. The van der Waals surface area contributed by atoms with Crippen molar-refractivity contribution >= 4 is 43.4 Å². The van der Waals surface area contributed by atoms with Crippen LogP contribution in [0.15, 0.2) is 36.7 Å². The number of thiophene rings is 1. The van der Waals surface area contributed by atoms with Crippen molar-refractivity contribution in [3.8, 4) is 23.1 Å². The zero-order valence-corrected chi connectivity index (χ0v) is 14.7. The van der Waals surface area contributed by atoms with E-state index in [1.54, 1.807) is 0 Å². The van der Waals surface area contributed by atoms with Crippen LogP contribution in [-0.4, -0.2) is 21.6 Å². The number of nitriles is 1. The van der Waals surface area contributed by atoms with E-state index < -0.39 is 0 Å². The smallest absolute Gasteiger partial charge is 0.233 e. The molecule has 4 rings (SSSR count). The largest absolute Gasteiger partial charge is 0.477 e. The molecule has 0 spiro atoms. The van der Waals surface area contributed by atoms with Gasteiger partial charge in [-0.05, 0) is 12.5 Å². The molecule has 0 saturated heterocycles. The van der Waals surface area contributed by atoms with E-state index in [2.05, 4.69) is 21.0 Å². The number of pyridine rings is 1. The lowest BCUT2D eigenvalue weighted by Gasteiger charge is -2.11. The standard InChI is InChI=1S/C18H11ClN4OS/c1-2-24-17-11(8-20)12(10-6-4-3-5-7-10)13-14-15(25-18(13)23-17)16(19)22-9-21-14/h3-7,9H,2H2,1H3. The number of halogens is 1. The second-order valence-electron chi connectivity index (χ2n) is 5.20. The molecule has 0 N–H and O–H groups in total. The Labute approximate surface area is 152 Å². The monoisotopic (exact) mass is 366 g/mol. The number of hydrogen-bond acceptors (Lipinski definition) is 6. The first-order valence-corrected chi connectivity index (χ1v) is 8.79. The Morgan fingerprint density at radius 1 is 1.24 bits per heavy atom. The third kappa shape index (κ3) is 2.49. The topological polar surface area (TPSA) is 71.7 Å². The minimum Gasteiger partial charge on any atom is -0.477 e. The molecule has 0 saturated carbocycles. The number of ether oxygens (including phenoxy) is 1. The van der Waals surface area contributed by atoms with Gasteiger partial charge in [-0.2, -0.15) is 5.26 Å². The molecule has 0 aliphatic heterocycles. The van der Waals surface area contributed by atoms with E-state index in [9.17, 15) is 5.26 Å². The first kappa shape index (κ1) is 15.8. The van der Waals surface area contributed by atoms with E-state index in [-0.39, 0.29) is 0 Å². The van der Waals surface area contributed by atoms with Crippen LogP contribution in [0.25, 0.3) is 31.6 Å². The van der Waals surface area contributed by atoms with Crippen molar-refractivity contribution in [2.45, 2.75) is 6.92 Å². The minimum atomic E-state index is 0.326. The first-order chi connectivity index (χ1) is 12.2. The Balaban J connectivity index is 2.23. The maximum atomic E-state index is 9.79. The summed E-state index contributed by atoms with van der Waals surface area (Å²) in [4.78, 5) is 13.7. The van der Waals surface area contributed by atoms with Crippen LogP contribution in [0.1, 0.15) is 12.5 Å². The summed E-state index contributed by atoms with van der Waals surface area (Å²) in [6, 6.07) is 12.0. The predicted octanol–water partition coefficient (Wildman–Crippen LogP) is 4.83. The van der Waals surface area contributed by atoms with E-state index in [1.165, 1.54) is 17.7 Å². The molecule has 0 fully saturated rings. The first-order valence-electron chi connectivity index (χ1n) is 7.59. The number of rotatable bonds is 3. The van der Waals surface area contributed by atoms with Gasteiger partial charge in [0.1, 0.15) is 27.9 Å². The van der Waals surface area contributed by atoms with Gasteiger partial charge in [-0.3, -0.25) is 0 Å². The van der Waals surface area contributed by atoms with Crippen molar-refractivity contribution in [2.75, 3.05) is 6.61 Å². The Morgan fingerprint density at radius 3 is 2.76 bits per heavy atom. The normalized spacial score (nSPS) is 10.9. The summed E-state index contributed by atoms with van der Waals surface area (Å²) in [5.74, 6) is 0.326. The Hall–Kier alpha value is -2.75. The van der Waals surface area contributed by atoms with Gasteiger partial charge >= 0.3 is 0 Å². The Bertz CT molecular complexity index is 1130. The van der Waals surface area contributed by atoms with E-state index in [4.69, 9.17) is 16.3 Å². The van der Waals surface area contributed by atoms with Crippen molar-refractivity contribution in [2.24, 2.45) is 0 Å². The van der Waals surface area contributed by atoms with Crippen LogP contribution in [0.5, 0.6) is 5.88 Å². The van der Waals surface area contributed by atoms with E-state index in [1.807, 2.05) is 37.3 Å². The fourth-order valence-electron chi connectivity index (χ4n) is 2.79. The number of aromatic nitrogens is 3. The van der Waals surface area contributed by atoms with E-state index in [0.717, 1.165) is 26.0 Å². The Morgan fingerprint density at radius 2 is 2.04 bits per heavy atom. The van der Waals surface area contributed by atoms with Gasteiger partial charge in [0, 0.05) is 10.9 Å². The molecular weight excluding hydrogens is 356 g/mol. The summed E-state index contributed by atoms with van der Waals surface area (Å²) in [5.41, 5.74) is 2.76. The SMILES string of the molecule is CCOc1nc2sc3c(Cl)ncnc3c2c(-c2ccccc2)c1C#N. The van der Waals surface area contributed by atoms with Crippen LogP contribution >= 0.6 is 22.9 Å². The summed E-state index contributed by atoms with van der Waals surface area (Å²) in [5, 5.41) is 11.0. The van der Waals surface area contributed by atoms with Gasteiger partial charge in [-0.25, -0.2) is 15.0 Å². The molecule has 0 aliphatic rings. The molecule has 3 heterocycles. The average Bonchev–Trinajstić information content (AvgIpc) is 3.01. The molecule has 0 radical (unpaired) electrons. The maximum Gasteiger partial charge on any atom is 0.233 e. The fourth-order valence-corrected chi connectivity index (χ4v) is 4.05. The maximum absolute atomic E-state index is 9.79. The van der Waals surface area contributed by atoms with Crippen LogP contribution in [0.3, 0.4) is 0 Å². The second kappa shape index (κ2) is 6.28. The van der Waals surface area contributed by atoms with Crippen molar-refractivity contribution in [3.63, 3.8) is 0 Å². The van der Waals surface area contributed by atoms with Crippen molar-refractivity contribution in [1.82, 2.24) is 15.0 Å². The van der Waals surface area contributed by atoms with Gasteiger partial charge in [0.2, 0.25) is 5.88 Å². The van der Waals surface area contributed by atoms with E-state index in [0.29, 0.717) is 28.7 Å². The van der Waals surface area contributed by atoms with Crippen LogP contribution in [-0.2, 0) is 0 Å². The lowest BCUT2D eigenvalue weighted by atomic mass is 9.98. The molecular formula is C18H11ClN4OS. The highest BCUT2D eigenvalue weighted by Gasteiger charge is 2.22. The molecule has 0 unspecified atom stereocenters. The van der Waals surface area contributed by atoms with Crippen LogP contribution in [0.4, 0.5) is 0 Å². The summed E-state index contributed by atoms with van der Waals surface area (Å²) in [6.45, 7) is 2.29. The third-order valence-corrected chi connectivity index (χ3v) is 5.26. The molecule has 0 bridgehead atoms. The summed E-state index contributed by atoms with van der Waals surface area (Å²) >= 11 is 7.64. The molecule has 122 valence electrons. The van der Waals surface area contributed by atoms with Crippen LogP contribution in [0, 0.1) is 11.3 Å². The highest BCUT2D eigenvalue weighted by atomic mass is 35.5. The number of benzene rings is 1. The number of fused-ring (bicyclic) bond motifs is 3. The number of nitrogens with zero attached hydrogens (tertiary/aromatic N) is 4.